The van der Waals surface area contributed by atoms with Crippen LogP contribution in [0, 0.1) is 0 Å². The summed E-state index contributed by atoms with van der Waals surface area (Å²) in [6, 6.07) is 10.3. The van der Waals surface area contributed by atoms with E-state index in [1.165, 1.54) is 17.3 Å². The van der Waals surface area contributed by atoms with E-state index in [1.807, 2.05) is 23.1 Å². The summed E-state index contributed by atoms with van der Waals surface area (Å²) in [6.45, 7) is 4.27. The molecular formula is C17H22N6OS. The van der Waals surface area contributed by atoms with Gasteiger partial charge in [0.1, 0.15) is 0 Å². The molecular weight excluding hydrogens is 336 g/mol. The summed E-state index contributed by atoms with van der Waals surface area (Å²) in [4.78, 5) is 16.6. The van der Waals surface area contributed by atoms with E-state index in [-0.39, 0.29) is 5.91 Å². The topological polar surface area (TPSA) is 67.2 Å². The van der Waals surface area contributed by atoms with E-state index in [2.05, 4.69) is 44.7 Å². The number of aryl methyl sites for hydroxylation is 1. The molecule has 1 aliphatic rings. The van der Waals surface area contributed by atoms with Crippen LogP contribution in [0.4, 0.5) is 0 Å². The molecule has 0 N–H and O–H groups in total. The molecule has 1 aromatic carbocycles. The van der Waals surface area contributed by atoms with Gasteiger partial charge in [-0.1, -0.05) is 54.2 Å². The molecule has 3 rings (SSSR count). The number of nitrogens with zero attached hydrogens (tertiary/aromatic N) is 6. The van der Waals surface area contributed by atoms with Gasteiger partial charge >= 0.3 is 0 Å². The number of benzene rings is 1. The van der Waals surface area contributed by atoms with Gasteiger partial charge in [-0.15, -0.1) is 5.10 Å². The van der Waals surface area contributed by atoms with Crippen LogP contribution in [-0.4, -0.2) is 74.4 Å². The van der Waals surface area contributed by atoms with Crippen LogP contribution >= 0.6 is 11.8 Å². The molecule has 1 aliphatic heterocycles. The van der Waals surface area contributed by atoms with Crippen LogP contribution in [0.2, 0.25) is 0 Å². The average Bonchev–Trinajstić information content (AvgIpc) is 3.06. The summed E-state index contributed by atoms with van der Waals surface area (Å²) < 4.78 is 1.58. The first-order valence-electron chi connectivity index (χ1n) is 8.29. The van der Waals surface area contributed by atoms with E-state index < -0.39 is 0 Å². The van der Waals surface area contributed by atoms with Gasteiger partial charge < -0.3 is 4.90 Å². The summed E-state index contributed by atoms with van der Waals surface area (Å²) >= 11 is 1.38. The Balaban J connectivity index is 1.38. The monoisotopic (exact) mass is 358 g/mol. The molecule has 8 heteroatoms. The second-order valence-corrected chi connectivity index (χ2v) is 6.81. The van der Waals surface area contributed by atoms with Crippen molar-refractivity contribution >= 4 is 23.7 Å². The highest BCUT2D eigenvalue weighted by Crippen LogP contribution is 2.14. The highest BCUT2D eigenvalue weighted by molar-refractivity contribution is 7.99. The number of carbonyl (C=O) groups excluding carboxylic acids is 1. The van der Waals surface area contributed by atoms with Crippen LogP contribution in [-0.2, 0) is 11.8 Å². The summed E-state index contributed by atoms with van der Waals surface area (Å²) in [5.41, 5.74) is 1.21. The molecule has 1 amide bonds. The molecule has 1 fully saturated rings. The maximum absolute atomic E-state index is 12.3. The number of hydrogen-bond acceptors (Lipinski definition) is 6. The minimum Gasteiger partial charge on any atom is -0.339 e. The Hall–Kier alpha value is -2.19. The van der Waals surface area contributed by atoms with Crippen LogP contribution in [0.3, 0.4) is 0 Å². The number of hydrogen-bond donors (Lipinski definition) is 0. The fourth-order valence-corrected chi connectivity index (χ4v) is 3.40. The van der Waals surface area contributed by atoms with E-state index >= 15 is 0 Å². The first-order chi connectivity index (χ1) is 12.2. The average molecular weight is 358 g/mol. The van der Waals surface area contributed by atoms with Crippen molar-refractivity contribution in [2.75, 3.05) is 38.5 Å². The zero-order valence-corrected chi connectivity index (χ0v) is 15.1. The second-order valence-electron chi connectivity index (χ2n) is 5.87. The molecule has 1 saturated heterocycles. The number of aromatic nitrogens is 4. The van der Waals surface area contributed by atoms with E-state index in [9.17, 15) is 4.79 Å². The molecule has 7 nitrogen and oxygen atoms in total. The van der Waals surface area contributed by atoms with Gasteiger partial charge in [0.25, 0.3) is 0 Å². The van der Waals surface area contributed by atoms with Gasteiger partial charge in [0.05, 0.1) is 5.75 Å². The number of amides is 1. The quantitative estimate of drug-likeness (QED) is 0.722. The lowest BCUT2D eigenvalue weighted by atomic mass is 10.2. The molecule has 132 valence electrons. The Morgan fingerprint density at radius 3 is 2.64 bits per heavy atom. The van der Waals surface area contributed by atoms with Gasteiger partial charge in [0.2, 0.25) is 11.1 Å². The van der Waals surface area contributed by atoms with Crippen molar-refractivity contribution in [3.05, 3.63) is 42.0 Å². The molecule has 0 atom stereocenters. The van der Waals surface area contributed by atoms with Crippen molar-refractivity contribution in [1.82, 2.24) is 30.0 Å². The van der Waals surface area contributed by atoms with Crippen LogP contribution < -0.4 is 0 Å². The molecule has 0 unspecified atom stereocenters. The smallest absolute Gasteiger partial charge is 0.233 e. The molecule has 0 aliphatic carbocycles. The lowest BCUT2D eigenvalue weighted by Gasteiger charge is -2.34. The zero-order chi connectivity index (χ0) is 17.5. The number of thioether (sulfide) groups is 1. The van der Waals surface area contributed by atoms with Gasteiger partial charge in [-0.3, -0.25) is 9.69 Å². The molecule has 1 aromatic heterocycles. The molecule has 0 bridgehead atoms. The Bertz CT molecular complexity index is 709. The fourth-order valence-electron chi connectivity index (χ4n) is 2.64. The third-order valence-electron chi connectivity index (χ3n) is 4.10. The van der Waals surface area contributed by atoms with Gasteiger partial charge in [0, 0.05) is 39.8 Å². The maximum atomic E-state index is 12.3. The molecule has 2 aromatic rings. The number of piperazine rings is 1. The first kappa shape index (κ1) is 17.6. The Kier molecular flexibility index (Phi) is 6.19. The Morgan fingerprint density at radius 1 is 1.20 bits per heavy atom. The van der Waals surface area contributed by atoms with Gasteiger partial charge in [-0.2, -0.15) is 0 Å². The summed E-state index contributed by atoms with van der Waals surface area (Å²) in [5.74, 6) is 0.523. The molecule has 0 spiro atoms. The maximum Gasteiger partial charge on any atom is 0.233 e. The van der Waals surface area contributed by atoms with Crippen LogP contribution in [0.25, 0.3) is 6.08 Å². The fraction of sp³-hybridized carbons (Fsp3) is 0.412. The minimum atomic E-state index is 0.146. The van der Waals surface area contributed by atoms with Gasteiger partial charge in [0.15, 0.2) is 0 Å². The van der Waals surface area contributed by atoms with Crippen molar-refractivity contribution in [2.45, 2.75) is 5.16 Å². The predicted octanol–water partition coefficient (Wildman–Crippen LogP) is 1.16. The van der Waals surface area contributed by atoms with E-state index in [0.717, 1.165) is 32.7 Å². The largest absolute Gasteiger partial charge is 0.339 e. The van der Waals surface area contributed by atoms with Crippen LogP contribution in [0.15, 0.2) is 41.6 Å². The third kappa shape index (κ3) is 5.14. The van der Waals surface area contributed by atoms with Crippen molar-refractivity contribution in [1.29, 1.82) is 0 Å². The van der Waals surface area contributed by atoms with Crippen molar-refractivity contribution in [2.24, 2.45) is 7.05 Å². The van der Waals surface area contributed by atoms with E-state index in [4.69, 9.17) is 0 Å². The predicted molar refractivity (Wildman–Crippen MR) is 98.0 cm³/mol. The molecule has 0 saturated carbocycles. The zero-order valence-electron chi connectivity index (χ0n) is 14.3. The number of carbonyl (C=O) groups is 1. The Morgan fingerprint density at radius 2 is 1.96 bits per heavy atom. The highest BCUT2D eigenvalue weighted by Gasteiger charge is 2.21. The van der Waals surface area contributed by atoms with E-state index in [1.54, 1.807) is 11.7 Å². The molecule has 25 heavy (non-hydrogen) atoms. The van der Waals surface area contributed by atoms with Crippen LogP contribution in [0.1, 0.15) is 5.56 Å². The van der Waals surface area contributed by atoms with E-state index in [0.29, 0.717) is 10.9 Å². The van der Waals surface area contributed by atoms with Crippen molar-refractivity contribution < 1.29 is 4.79 Å². The summed E-state index contributed by atoms with van der Waals surface area (Å²) in [5, 5.41) is 11.9. The number of tetrazole rings is 1. The summed E-state index contributed by atoms with van der Waals surface area (Å²) in [7, 11) is 1.77. The first-order valence-corrected chi connectivity index (χ1v) is 9.28. The standard InChI is InChI=1S/C17H22N6OS/c1-21-17(18-19-20-21)25-14-16(24)23-12-10-22(11-13-23)9-5-8-15-6-3-2-4-7-15/h2-8H,9-14H2,1H3/b8-5+. The highest BCUT2D eigenvalue weighted by atomic mass is 32.2. The SMILES string of the molecule is Cn1nnnc1SCC(=O)N1CCN(C/C=C/c2ccccc2)CC1. The third-order valence-corrected chi connectivity index (χ3v) is 5.10. The van der Waals surface area contributed by atoms with Crippen molar-refractivity contribution in [3.8, 4) is 0 Å². The lowest BCUT2D eigenvalue weighted by Crippen LogP contribution is -2.49. The van der Waals surface area contributed by atoms with Crippen molar-refractivity contribution in [3.63, 3.8) is 0 Å². The van der Waals surface area contributed by atoms with Crippen LogP contribution in [0.5, 0.6) is 0 Å². The van der Waals surface area contributed by atoms with Gasteiger partial charge in [-0.25, -0.2) is 4.68 Å². The second kappa shape index (κ2) is 8.77. The minimum absolute atomic E-state index is 0.146. The molecule has 2 heterocycles. The Labute approximate surface area is 151 Å². The van der Waals surface area contributed by atoms with Gasteiger partial charge in [-0.05, 0) is 16.0 Å². The number of rotatable bonds is 6. The molecule has 0 radical (unpaired) electrons. The summed E-state index contributed by atoms with van der Waals surface area (Å²) in [6.07, 6.45) is 4.33. The lowest BCUT2D eigenvalue weighted by molar-refractivity contribution is -0.130. The normalized spacial score (nSPS) is 15.8.